The van der Waals surface area contributed by atoms with E-state index in [1.165, 1.54) is 49.9 Å². The van der Waals surface area contributed by atoms with Crippen molar-refractivity contribution in [1.29, 1.82) is 0 Å². The van der Waals surface area contributed by atoms with Crippen LogP contribution in [0.1, 0.15) is 74.6 Å². The van der Waals surface area contributed by atoms with Crippen LogP contribution in [0.3, 0.4) is 0 Å². The molecular weight excluding hydrogens is 525 g/mol. The van der Waals surface area contributed by atoms with Crippen LogP contribution >= 0.6 is 24.0 Å². The molecule has 1 aromatic carbocycles. The van der Waals surface area contributed by atoms with Gasteiger partial charge in [-0.2, -0.15) is 5.10 Å². The first-order valence-corrected chi connectivity index (χ1v) is 12.3. The Balaban J connectivity index is 0.00000306. The third-order valence-corrected chi connectivity index (χ3v) is 6.61. The van der Waals surface area contributed by atoms with E-state index in [2.05, 4.69) is 63.3 Å². The summed E-state index contributed by atoms with van der Waals surface area (Å²) in [5, 5.41) is 11.9. The lowest BCUT2D eigenvalue weighted by Crippen LogP contribution is -2.46. The summed E-state index contributed by atoms with van der Waals surface area (Å²) in [5.74, 6) is 3.27. The topological polar surface area (TPSA) is 70.4 Å². The second kappa shape index (κ2) is 12.7. The lowest BCUT2D eigenvalue weighted by molar-refractivity contribution is 0.276. The molecule has 1 aromatic heterocycles. The third-order valence-electron chi connectivity index (χ3n) is 6.61. The van der Waals surface area contributed by atoms with Crippen LogP contribution in [0.2, 0.25) is 0 Å². The molecular formula is C25H40IN7. The zero-order chi connectivity index (χ0) is 22.3. The summed E-state index contributed by atoms with van der Waals surface area (Å²) >= 11 is 0. The van der Waals surface area contributed by atoms with Crippen molar-refractivity contribution in [1.82, 2.24) is 30.3 Å². The van der Waals surface area contributed by atoms with Crippen LogP contribution in [0, 0.1) is 0 Å². The predicted octanol–water partition coefficient (Wildman–Crippen LogP) is 4.08. The monoisotopic (exact) mass is 565 g/mol. The summed E-state index contributed by atoms with van der Waals surface area (Å²) in [6, 6.07) is 9.12. The largest absolute Gasteiger partial charge is 0.352 e. The number of nitrogens with zero attached hydrogens (tertiary/aromatic N) is 5. The van der Waals surface area contributed by atoms with E-state index in [9.17, 15) is 0 Å². The highest BCUT2D eigenvalue weighted by molar-refractivity contribution is 14.0. The summed E-state index contributed by atoms with van der Waals surface area (Å²) in [6.45, 7) is 9.38. The molecule has 33 heavy (non-hydrogen) atoms. The molecule has 0 radical (unpaired) electrons. The Morgan fingerprint density at radius 2 is 1.85 bits per heavy atom. The van der Waals surface area contributed by atoms with Gasteiger partial charge in [0.1, 0.15) is 5.82 Å². The Morgan fingerprint density at radius 3 is 2.55 bits per heavy atom. The van der Waals surface area contributed by atoms with Crippen molar-refractivity contribution in [2.75, 3.05) is 20.1 Å². The lowest BCUT2D eigenvalue weighted by Gasteiger charge is -2.26. The molecule has 2 N–H and O–H groups in total. The number of halogens is 1. The first-order valence-electron chi connectivity index (χ1n) is 12.3. The molecule has 2 aliphatic rings. The molecule has 0 saturated carbocycles. The van der Waals surface area contributed by atoms with Crippen LogP contribution in [-0.2, 0) is 26.1 Å². The smallest absolute Gasteiger partial charge is 0.191 e. The van der Waals surface area contributed by atoms with E-state index in [4.69, 9.17) is 10.1 Å². The zero-order valence-corrected chi connectivity index (χ0v) is 22.7. The van der Waals surface area contributed by atoms with Gasteiger partial charge >= 0.3 is 0 Å². The maximum absolute atomic E-state index is 4.70. The average molecular weight is 566 g/mol. The van der Waals surface area contributed by atoms with Crippen LogP contribution < -0.4 is 10.6 Å². The highest BCUT2D eigenvalue weighted by Gasteiger charge is 2.23. The van der Waals surface area contributed by atoms with Gasteiger partial charge in [0.25, 0.3) is 0 Å². The maximum atomic E-state index is 4.70. The van der Waals surface area contributed by atoms with Crippen LogP contribution in [0.15, 0.2) is 29.3 Å². The molecule has 182 valence electrons. The molecule has 2 aliphatic heterocycles. The van der Waals surface area contributed by atoms with Crippen molar-refractivity contribution < 1.29 is 0 Å². The van der Waals surface area contributed by atoms with Crippen LogP contribution in [-0.4, -0.2) is 51.8 Å². The van der Waals surface area contributed by atoms with Gasteiger partial charge in [0.15, 0.2) is 11.8 Å². The van der Waals surface area contributed by atoms with E-state index < -0.39 is 0 Å². The average Bonchev–Trinajstić information content (AvgIpc) is 3.06. The van der Waals surface area contributed by atoms with Crippen molar-refractivity contribution >= 4 is 29.9 Å². The molecule has 0 bridgehead atoms. The number of likely N-dealkylation sites (tertiary alicyclic amines) is 1. The van der Waals surface area contributed by atoms with Crippen molar-refractivity contribution in [2.45, 2.75) is 84.0 Å². The number of aromatic nitrogens is 3. The van der Waals surface area contributed by atoms with Gasteiger partial charge in [-0.1, -0.05) is 51.0 Å². The molecule has 1 fully saturated rings. The minimum atomic E-state index is 0. The first kappa shape index (κ1) is 25.9. The zero-order valence-electron chi connectivity index (χ0n) is 20.4. The first-order chi connectivity index (χ1) is 15.6. The number of hydrogen-bond acceptors (Lipinski definition) is 4. The molecule has 1 saturated heterocycles. The molecule has 1 atom stereocenters. The molecule has 4 rings (SSSR count). The Morgan fingerprint density at radius 1 is 1.12 bits per heavy atom. The maximum Gasteiger partial charge on any atom is 0.191 e. The van der Waals surface area contributed by atoms with E-state index in [-0.39, 0.29) is 24.0 Å². The molecule has 1 unspecified atom stereocenters. The highest BCUT2D eigenvalue weighted by Crippen LogP contribution is 2.18. The van der Waals surface area contributed by atoms with Gasteiger partial charge in [-0.15, -0.1) is 24.0 Å². The molecule has 3 heterocycles. The van der Waals surface area contributed by atoms with E-state index in [0.29, 0.717) is 12.0 Å². The van der Waals surface area contributed by atoms with Gasteiger partial charge in [-0.3, -0.25) is 9.89 Å². The van der Waals surface area contributed by atoms with Gasteiger partial charge in [-0.05, 0) is 43.5 Å². The number of aliphatic imine (C=N–C) groups is 1. The predicted molar refractivity (Wildman–Crippen MR) is 145 cm³/mol. The van der Waals surface area contributed by atoms with E-state index in [1.54, 1.807) is 0 Å². The minimum Gasteiger partial charge on any atom is -0.352 e. The standard InChI is InChI=1S/C25H39N7.HI/c1-19(2)24-29-23-13-12-22(18-32(23)30-24)28-25(26-3)27-16-20-10-6-7-11-21(20)17-31-14-8-4-5-9-15-31;/h6-7,10-11,19,22H,4-5,8-9,12-18H2,1-3H3,(H2,26,27,28);1H. The number of aryl methyl sites for hydroxylation is 1. The molecule has 2 aromatic rings. The highest BCUT2D eigenvalue weighted by atomic mass is 127. The van der Waals surface area contributed by atoms with E-state index in [0.717, 1.165) is 50.1 Å². The summed E-state index contributed by atoms with van der Waals surface area (Å²) in [7, 11) is 1.85. The fourth-order valence-electron chi connectivity index (χ4n) is 4.68. The summed E-state index contributed by atoms with van der Waals surface area (Å²) < 4.78 is 2.07. The van der Waals surface area contributed by atoms with Crippen LogP contribution in [0.25, 0.3) is 0 Å². The van der Waals surface area contributed by atoms with Crippen LogP contribution in [0.4, 0.5) is 0 Å². The van der Waals surface area contributed by atoms with E-state index in [1.807, 2.05) is 7.05 Å². The fraction of sp³-hybridized carbons (Fsp3) is 0.640. The number of nitrogens with one attached hydrogen (secondary N) is 2. The number of fused-ring (bicyclic) bond motifs is 1. The molecule has 0 aliphatic carbocycles. The van der Waals surface area contributed by atoms with Crippen LogP contribution in [0.5, 0.6) is 0 Å². The SMILES string of the molecule is CN=C(NCc1ccccc1CN1CCCCCC1)NC1CCc2nc(C(C)C)nn2C1.I. The Bertz CT molecular complexity index is 900. The van der Waals surface area contributed by atoms with Gasteiger partial charge in [0.2, 0.25) is 0 Å². The normalized spacial score (nSPS) is 19.5. The second-order valence-electron chi connectivity index (χ2n) is 9.49. The Hall–Kier alpha value is -1.68. The summed E-state index contributed by atoms with van der Waals surface area (Å²) in [5.41, 5.74) is 2.77. The Labute approximate surface area is 215 Å². The number of guanidine groups is 1. The number of benzene rings is 1. The minimum absolute atomic E-state index is 0. The van der Waals surface area contributed by atoms with Crippen molar-refractivity contribution in [3.63, 3.8) is 0 Å². The fourth-order valence-corrected chi connectivity index (χ4v) is 4.68. The van der Waals surface area contributed by atoms with Gasteiger partial charge in [0, 0.05) is 38.5 Å². The van der Waals surface area contributed by atoms with Gasteiger partial charge in [-0.25, -0.2) is 9.67 Å². The Kier molecular flexibility index (Phi) is 9.97. The van der Waals surface area contributed by atoms with Gasteiger partial charge in [0.05, 0.1) is 6.54 Å². The second-order valence-corrected chi connectivity index (χ2v) is 9.49. The van der Waals surface area contributed by atoms with Gasteiger partial charge < -0.3 is 10.6 Å². The number of hydrogen-bond donors (Lipinski definition) is 2. The lowest BCUT2D eigenvalue weighted by atomic mass is 10.1. The van der Waals surface area contributed by atoms with Crippen molar-refractivity contribution in [3.05, 3.63) is 47.0 Å². The summed E-state index contributed by atoms with van der Waals surface area (Å²) in [4.78, 5) is 11.8. The number of rotatable bonds is 6. The molecule has 7 nitrogen and oxygen atoms in total. The van der Waals surface area contributed by atoms with Crippen molar-refractivity contribution in [3.8, 4) is 0 Å². The van der Waals surface area contributed by atoms with E-state index >= 15 is 0 Å². The molecule has 8 heteroatoms. The third kappa shape index (κ3) is 7.15. The summed E-state index contributed by atoms with van der Waals surface area (Å²) in [6.07, 6.45) is 7.39. The quantitative estimate of drug-likeness (QED) is 0.314. The molecule has 0 spiro atoms. The molecule has 0 amide bonds. The van der Waals surface area contributed by atoms with Crippen molar-refractivity contribution in [2.24, 2.45) is 4.99 Å².